The van der Waals surface area contributed by atoms with Crippen LogP contribution in [0.15, 0.2) is 0 Å². The molecule has 1 unspecified atom stereocenters. The third kappa shape index (κ3) is 3.54. The molecule has 98 valence electrons. The van der Waals surface area contributed by atoms with Crippen molar-refractivity contribution < 1.29 is 4.79 Å². The zero-order valence-corrected chi connectivity index (χ0v) is 11.7. The van der Waals surface area contributed by atoms with Crippen LogP contribution in [-0.4, -0.2) is 53.0 Å². The van der Waals surface area contributed by atoms with E-state index in [1.54, 1.807) is 0 Å². The Labute approximate surface area is 109 Å². The maximum Gasteiger partial charge on any atom is 0.320 e. The number of hydrogen-bond donors (Lipinski definition) is 0. The van der Waals surface area contributed by atoms with Gasteiger partial charge >= 0.3 is 6.03 Å². The van der Waals surface area contributed by atoms with E-state index in [0.29, 0.717) is 11.3 Å². The van der Waals surface area contributed by atoms with Crippen LogP contribution in [0.25, 0.3) is 0 Å². The summed E-state index contributed by atoms with van der Waals surface area (Å²) in [6.45, 7) is 6.06. The third-order valence-corrected chi connectivity index (χ3v) is 5.11. The first kappa shape index (κ1) is 13.1. The standard InChI is InChI=1S/C13H24N2OS/c1-2-12-11-15(9-10-17-12)13(16)14-7-5-3-4-6-8-14/h12H,2-11H2,1H3. The molecule has 1 atom stereocenters. The van der Waals surface area contributed by atoms with E-state index in [-0.39, 0.29) is 0 Å². The molecule has 4 heteroatoms. The fraction of sp³-hybridized carbons (Fsp3) is 0.923. The number of urea groups is 1. The Hall–Kier alpha value is -0.380. The van der Waals surface area contributed by atoms with Crippen molar-refractivity contribution in [1.82, 2.24) is 9.80 Å². The fourth-order valence-corrected chi connectivity index (χ4v) is 3.78. The average molecular weight is 256 g/mol. The molecule has 0 aromatic rings. The second-order valence-corrected chi connectivity index (χ2v) is 6.44. The summed E-state index contributed by atoms with van der Waals surface area (Å²) in [6, 6.07) is 0.297. The quantitative estimate of drug-likeness (QED) is 0.720. The zero-order valence-electron chi connectivity index (χ0n) is 10.9. The lowest BCUT2D eigenvalue weighted by atomic mass is 10.2. The predicted molar refractivity (Wildman–Crippen MR) is 73.5 cm³/mol. The van der Waals surface area contributed by atoms with Gasteiger partial charge in [0.05, 0.1) is 0 Å². The molecular formula is C13H24N2OS. The van der Waals surface area contributed by atoms with Crippen LogP contribution in [0, 0.1) is 0 Å². The number of rotatable bonds is 1. The van der Waals surface area contributed by atoms with Gasteiger partial charge in [-0.1, -0.05) is 19.8 Å². The van der Waals surface area contributed by atoms with Crippen molar-refractivity contribution in [1.29, 1.82) is 0 Å². The molecule has 2 heterocycles. The maximum absolute atomic E-state index is 12.4. The number of carbonyl (C=O) groups is 1. The Bertz CT molecular complexity index is 252. The lowest BCUT2D eigenvalue weighted by Crippen LogP contribution is -2.49. The molecule has 2 aliphatic heterocycles. The average Bonchev–Trinajstić information content (AvgIpc) is 2.67. The highest BCUT2D eigenvalue weighted by atomic mass is 32.2. The molecule has 0 N–H and O–H groups in total. The number of nitrogens with zero attached hydrogens (tertiary/aromatic N) is 2. The van der Waals surface area contributed by atoms with Crippen LogP contribution in [0.1, 0.15) is 39.0 Å². The molecule has 0 radical (unpaired) electrons. The van der Waals surface area contributed by atoms with Gasteiger partial charge in [-0.2, -0.15) is 11.8 Å². The van der Waals surface area contributed by atoms with Gasteiger partial charge < -0.3 is 9.80 Å². The molecule has 2 amide bonds. The first-order valence-electron chi connectivity index (χ1n) is 6.96. The molecule has 0 saturated carbocycles. The Morgan fingerprint density at radius 1 is 1.12 bits per heavy atom. The van der Waals surface area contributed by atoms with Gasteiger partial charge in [-0.25, -0.2) is 4.79 Å². The second-order valence-electron chi connectivity index (χ2n) is 5.03. The van der Waals surface area contributed by atoms with Crippen LogP contribution in [-0.2, 0) is 0 Å². The molecule has 17 heavy (non-hydrogen) atoms. The molecular weight excluding hydrogens is 232 g/mol. The van der Waals surface area contributed by atoms with Crippen molar-refractivity contribution in [2.75, 3.05) is 31.9 Å². The Morgan fingerprint density at radius 2 is 1.82 bits per heavy atom. The predicted octanol–water partition coefficient (Wildman–Crippen LogP) is 2.81. The summed E-state index contributed by atoms with van der Waals surface area (Å²) in [5.41, 5.74) is 0. The van der Waals surface area contributed by atoms with Crippen LogP contribution >= 0.6 is 11.8 Å². The first-order chi connectivity index (χ1) is 8.31. The molecule has 0 aliphatic carbocycles. The van der Waals surface area contributed by atoms with Crippen LogP contribution in [0.3, 0.4) is 0 Å². The van der Waals surface area contributed by atoms with Gasteiger partial charge in [-0.15, -0.1) is 0 Å². The number of hydrogen-bond acceptors (Lipinski definition) is 2. The van der Waals surface area contributed by atoms with Gasteiger partial charge in [0.2, 0.25) is 0 Å². The maximum atomic E-state index is 12.4. The van der Waals surface area contributed by atoms with Crippen molar-refractivity contribution in [3.8, 4) is 0 Å². The number of likely N-dealkylation sites (tertiary alicyclic amines) is 1. The van der Waals surface area contributed by atoms with E-state index in [1.165, 1.54) is 32.1 Å². The van der Waals surface area contributed by atoms with Crippen LogP contribution in [0.2, 0.25) is 0 Å². The van der Waals surface area contributed by atoms with Crippen LogP contribution in [0.4, 0.5) is 4.79 Å². The zero-order chi connectivity index (χ0) is 12.1. The Kier molecular flexibility index (Phi) is 5.01. The third-order valence-electron chi connectivity index (χ3n) is 3.74. The molecule has 0 aromatic carbocycles. The van der Waals surface area contributed by atoms with Gasteiger partial charge in [-0.05, 0) is 19.3 Å². The summed E-state index contributed by atoms with van der Waals surface area (Å²) < 4.78 is 0. The van der Waals surface area contributed by atoms with Crippen molar-refractivity contribution in [2.24, 2.45) is 0 Å². The number of amides is 2. The molecule has 0 spiro atoms. The molecule has 2 fully saturated rings. The number of thioether (sulfide) groups is 1. The van der Waals surface area contributed by atoms with Gasteiger partial charge in [0.1, 0.15) is 0 Å². The normalized spacial score (nSPS) is 26.8. The topological polar surface area (TPSA) is 23.6 Å². The lowest BCUT2D eigenvalue weighted by Gasteiger charge is -2.35. The molecule has 2 rings (SSSR count). The van der Waals surface area contributed by atoms with Crippen molar-refractivity contribution in [3.05, 3.63) is 0 Å². The number of carbonyl (C=O) groups excluding carboxylic acids is 1. The highest BCUT2D eigenvalue weighted by Crippen LogP contribution is 2.22. The molecule has 3 nitrogen and oxygen atoms in total. The van der Waals surface area contributed by atoms with E-state index in [9.17, 15) is 4.79 Å². The minimum Gasteiger partial charge on any atom is -0.325 e. The summed E-state index contributed by atoms with van der Waals surface area (Å²) in [7, 11) is 0. The second kappa shape index (κ2) is 6.53. The lowest BCUT2D eigenvalue weighted by molar-refractivity contribution is 0.155. The van der Waals surface area contributed by atoms with Gasteiger partial charge in [0.15, 0.2) is 0 Å². The van der Waals surface area contributed by atoms with E-state index in [1.807, 2.05) is 11.8 Å². The van der Waals surface area contributed by atoms with E-state index in [0.717, 1.165) is 31.9 Å². The summed E-state index contributed by atoms with van der Waals surface area (Å²) in [4.78, 5) is 16.6. The minimum atomic E-state index is 0.297. The van der Waals surface area contributed by atoms with Crippen LogP contribution in [0.5, 0.6) is 0 Å². The summed E-state index contributed by atoms with van der Waals surface area (Å²) in [5.74, 6) is 1.11. The van der Waals surface area contributed by atoms with Crippen molar-refractivity contribution in [3.63, 3.8) is 0 Å². The minimum absolute atomic E-state index is 0.297. The Balaban J connectivity index is 1.89. The molecule has 2 aliphatic rings. The monoisotopic (exact) mass is 256 g/mol. The molecule has 0 bridgehead atoms. The molecule has 2 saturated heterocycles. The van der Waals surface area contributed by atoms with Gasteiger partial charge in [0, 0.05) is 37.2 Å². The first-order valence-corrected chi connectivity index (χ1v) is 8.01. The fourth-order valence-electron chi connectivity index (χ4n) is 2.60. The van der Waals surface area contributed by atoms with Crippen molar-refractivity contribution in [2.45, 2.75) is 44.3 Å². The smallest absolute Gasteiger partial charge is 0.320 e. The van der Waals surface area contributed by atoms with E-state index in [2.05, 4.69) is 16.7 Å². The Morgan fingerprint density at radius 3 is 2.47 bits per heavy atom. The van der Waals surface area contributed by atoms with Gasteiger partial charge in [0.25, 0.3) is 0 Å². The van der Waals surface area contributed by atoms with E-state index < -0.39 is 0 Å². The molecule has 0 aromatic heterocycles. The largest absolute Gasteiger partial charge is 0.325 e. The van der Waals surface area contributed by atoms with E-state index >= 15 is 0 Å². The van der Waals surface area contributed by atoms with E-state index in [4.69, 9.17) is 0 Å². The summed E-state index contributed by atoms with van der Waals surface area (Å²) in [6.07, 6.45) is 6.12. The van der Waals surface area contributed by atoms with Crippen LogP contribution < -0.4 is 0 Å². The summed E-state index contributed by atoms with van der Waals surface area (Å²) >= 11 is 2.02. The van der Waals surface area contributed by atoms with Gasteiger partial charge in [-0.3, -0.25) is 0 Å². The summed E-state index contributed by atoms with van der Waals surface area (Å²) in [5, 5.41) is 0.652. The highest BCUT2D eigenvalue weighted by molar-refractivity contribution is 8.00. The highest BCUT2D eigenvalue weighted by Gasteiger charge is 2.26. The van der Waals surface area contributed by atoms with Crippen molar-refractivity contribution >= 4 is 17.8 Å². The SMILES string of the molecule is CCC1CN(C(=O)N2CCCCCC2)CCS1.